The minimum atomic E-state index is 0.151. The van der Waals surface area contributed by atoms with Crippen LogP contribution in [0.25, 0.3) is 0 Å². The summed E-state index contributed by atoms with van der Waals surface area (Å²) in [6.07, 6.45) is 5.39. The van der Waals surface area contributed by atoms with Gasteiger partial charge in [0.1, 0.15) is 0 Å². The van der Waals surface area contributed by atoms with E-state index in [0.717, 1.165) is 18.0 Å². The summed E-state index contributed by atoms with van der Waals surface area (Å²) in [5, 5.41) is 5.07. The van der Waals surface area contributed by atoms with Crippen molar-refractivity contribution in [2.24, 2.45) is 17.6 Å². The van der Waals surface area contributed by atoms with Crippen LogP contribution in [-0.4, -0.2) is 19.0 Å². The Morgan fingerprint density at radius 1 is 1.33 bits per heavy atom. The van der Waals surface area contributed by atoms with Gasteiger partial charge in [0.15, 0.2) is 0 Å². The lowest BCUT2D eigenvalue weighted by Gasteiger charge is -2.27. The predicted molar refractivity (Wildman–Crippen MR) is 75.5 cm³/mol. The molecule has 0 aromatic carbocycles. The fourth-order valence-corrected chi connectivity index (χ4v) is 3.27. The van der Waals surface area contributed by atoms with Crippen LogP contribution >= 0.6 is 11.3 Å². The van der Waals surface area contributed by atoms with Gasteiger partial charge in [-0.2, -0.15) is 0 Å². The molecule has 1 aliphatic carbocycles. The normalized spacial score (nSPS) is 23.8. The molecule has 18 heavy (non-hydrogen) atoms. The molecule has 0 aliphatic heterocycles. The molecule has 0 saturated heterocycles. The Morgan fingerprint density at radius 3 is 2.67 bits per heavy atom. The van der Waals surface area contributed by atoms with Crippen molar-refractivity contribution in [3.05, 3.63) is 22.4 Å². The van der Waals surface area contributed by atoms with Gasteiger partial charge in [0.05, 0.1) is 6.42 Å². The molecule has 1 aliphatic rings. The van der Waals surface area contributed by atoms with Gasteiger partial charge in [-0.25, -0.2) is 0 Å². The lowest BCUT2D eigenvalue weighted by molar-refractivity contribution is -0.120. The lowest BCUT2D eigenvalue weighted by atomic mass is 9.82. The van der Waals surface area contributed by atoms with Crippen molar-refractivity contribution in [3.8, 4) is 0 Å². The molecule has 1 aromatic heterocycles. The molecule has 3 N–H and O–H groups in total. The van der Waals surface area contributed by atoms with Crippen molar-refractivity contribution in [1.29, 1.82) is 0 Å². The Morgan fingerprint density at radius 2 is 2.06 bits per heavy atom. The highest BCUT2D eigenvalue weighted by Crippen LogP contribution is 2.27. The highest BCUT2D eigenvalue weighted by atomic mass is 32.1. The van der Waals surface area contributed by atoms with Gasteiger partial charge in [-0.15, -0.1) is 11.3 Å². The number of amides is 1. The van der Waals surface area contributed by atoms with Crippen LogP contribution in [0, 0.1) is 11.8 Å². The second-order valence-electron chi connectivity index (χ2n) is 5.18. The largest absolute Gasteiger partial charge is 0.356 e. The molecule has 1 fully saturated rings. The number of carbonyl (C=O) groups excluding carboxylic acids is 1. The Labute approximate surface area is 113 Å². The lowest BCUT2D eigenvalue weighted by Crippen LogP contribution is -2.33. The van der Waals surface area contributed by atoms with E-state index in [1.807, 2.05) is 17.5 Å². The summed E-state index contributed by atoms with van der Waals surface area (Å²) in [6.45, 7) is 1.65. The number of nitrogens with two attached hydrogens (primary N) is 1. The highest BCUT2D eigenvalue weighted by molar-refractivity contribution is 7.10. The molecule has 3 nitrogen and oxygen atoms in total. The van der Waals surface area contributed by atoms with E-state index in [0.29, 0.717) is 18.3 Å². The first-order valence-corrected chi connectivity index (χ1v) is 7.65. The fraction of sp³-hybridized carbons (Fsp3) is 0.643. The predicted octanol–water partition coefficient (Wildman–Crippen LogP) is 2.17. The van der Waals surface area contributed by atoms with Crippen LogP contribution in [0.5, 0.6) is 0 Å². The zero-order valence-corrected chi connectivity index (χ0v) is 11.5. The summed E-state index contributed by atoms with van der Waals surface area (Å²) in [6, 6.07) is 4.00. The van der Waals surface area contributed by atoms with Gasteiger partial charge >= 0.3 is 0 Å². The highest BCUT2D eigenvalue weighted by Gasteiger charge is 2.20. The molecule has 0 atom stereocenters. The first-order valence-electron chi connectivity index (χ1n) is 6.77. The summed E-state index contributed by atoms with van der Waals surface area (Å²) in [7, 11) is 0. The molecule has 4 heteroatoms. The van der Waals surface area contributed by atoms with Crippen molar-refractivity contribution in [2.75, 3.05) is 13.1 Å². The molecule has 100 valence electrons. The Hall–Kier alpha value is -0.870. The molecular formula is C14H22N2OS. The van der Waals surface area contributed by atoms with E-state index in [9.17, 15) is 4.79 Å². The van der Waals surface area contributed by atoms with Gasteiger partial charge < -0.3 is 11.1 Å². The smallest absolute Gasteiger partial charge is 0.225 e. The van der Waals surface area contributed by atoms with Crippen molar-refractivity contribution in [2.45, 2.75) is 32.1 Å². The van der Waals surface area contributed by atoms with Gasteiger partial charge in [-0.05, 0) is 55.5 Å². The van der Waals surface area contributed by atoms with Gasteiger partial charge in [0, 0.05) is 11.4 Å². The van der Waals surface area contributed by atoms with Gasteiger partial charge in [0.25, 0.3) is 0 Å². The molecular weight excluding hydrogens is 244 g/mol. The average molecular weight is 266 g/mol. The van der Waals surface area contributed by atoms with Gasteiger partial charge in [-0.1, -0.05) is 6.07 Å². The van der Waals surface area contributed by atoms with Gasteiger partial charge in [-0.3, -0.25) is 4.79 Å². The van der Waals surface area contributed by atoms with Crippen LogP contribution in [0.4, 0.5) is 0 Å². The van der Waals surface area contributed by atoms with E-state index in [-0.39, 0.29) is 5.91 Å². The van der Waals surface area contributed by atoms with Crippen LogP contribution in [0.3, 0.4) is 0 Å². The molecule has 0 spiro atoms. The first kappa shape index (κ1) is 13.6. The molecule has 1 aromatic rings. The monoisotopic (exact) mass is 266 g/mol. The number of hydrogen-bond donors (Lipinski definition) is 2. The fourth-order valence-electron chi connectivity index (χ4n) is 2.56. The number of thiophene rings is 1. The zero-order valence-electron chi connectivity index (χ0n) is 10.7. The Kier molecular flexibility index (Phi) is 5.20. The van der Waals surface area contributed by atoms with E-state index in [1.165, 1.54) is 25.7 Å². The first-order chi connectivity index (χ1) is 8.78. The topological polar surface area (TPSA) is 55.1 Å². The maximum absolute atomic E-state index is 11.7. The quantitative estimate of drug-likeness (QED) is 0.858. The maximum Gasteiger partial charge on any atom is 0.225 e. The minimum absolute atomic E-state index is 0.151. The van der Waals surface area contributed by atoms with Crippen LogP contribution in [0.15, 0.2) is 17.5 Å². The number of nitrogens with one attached hydrogen (secondary N) is 1. The van der Waals surface area contributed by atoms with Crippen molar-refractivity contribution in [3.63, 3.8) is 0 Å². The van der Waals surface area contributed by atoms with Crippen LogP contribution in [0.1, 0.15) is 30.6 Å². The van der Waals surface area contributed by atoms with Crippen molar-refractivity contribution in [1.82, 2.24) is 5.32 Å². The van der Waals surface area contributed by atoms with Crippen LogP contribution < -0.4 is 11.1 Å². The van der Waals surface area contributed by atoms with Crippen molar-refractivity contribution >= 4 is 17.2 Å². The van der Waals surface area contributed by atoms with E-state index in [2.05, 4.69) is 5.32 Å². The summed E-state index contributed by atoms with van der Waals surface area (Å²) < 4.78 is 0. The second-order valence-corrected chi connectivity index (χ2v) is 6.21. The Balaban J connectivity index is 1.64. The average Bonchev–Trinajstić information content (AvgIpc) is 2.90. The number of carbonyl (C=O) groups is 1. The number of rotatable bonds is 5. The standard InChI is InChI=1S/C14H22N2OS/c15-9-11-3-5-12(6-4-11)10-16-14(17)8-13-2-1-7-18-13/h1-2,7,11-12H,3-6,8-10,15H2,(H,16,17). The van der Waals surface area contributed by atoms with Crippen LogP contribution in [-0.2, 0) is 11.2 Å². The van der Waals surface area contributed by atoms with E-state index in [4.69, 9.17) is 5.73 Å². The summed E-state index contributed by atoms with van der Waals surface area (Å²) in [4.78, 5) is 12.9. The molecule has 0 bridgehead atoms. The molecule has 1 amide bonds. The molecule has 1 heterocycles. The van der Waals surface area contributed by atoms with Crippen LogP contribution in [0.2, 0.25) is 0 Å². The molecule has 0 radical (unpaired) electrons. The third-order valence-electron chi connectivity index (χ3n) is 3.80. The third-order valence-corrected chi connectivity index (χ3v) is 4.68. The molecule has 1 saturated carbocycles. The Bertz CT molecular complexity index is 356. The minimum Gasteiger partial charge on any atom is -0.356 e. The third kappa shape index (κ3) is 4.10. The SMILES string of the molecule is NCC1CCC(CNC(=O)Cc2cccs2)CC1. The second kappa shape index (κ2) is 6.90. The zero-order chi connectivity index (χ0) is 12.8. The van der Waals surface area contributed by atoms with Gasteiger partial charge in [0.2, 0.25) is 5.91 Å². The van der Waals surface area contributed by atoms with E-state index < -0.39 is 0 Å². The van der Waals surface area contributed by atoms with Crippen molar-refractivity contribution < 1.29 is 4.79 Å². The van der Waals surface area contributed by atoms with E-state index >= 15 is 0 Å². The summed E-state index contributed by atoms with van der Waals surface area (Å²) in [5.74, 6) is 1.52. The van der Waals surface area contributed by atoms with E-state index in [1.54, 1.807) is 11.3 Å². The summed E-state index contributed by atoms with van der Waals surface area (Å²) in [5.41, 5.74) is 5.68. The molecule has 2 rings (SSSR count). The molecule has 0 unspecified atom stereocenters. The summed E-state index contributed by atoms with van der Waals surface area (Å²) >= 11 is 1.64. The maximum atomic E-state index is 11.7. The number of hydrogen-bond acceptors (Lipinski definition) is 3.